The van der Waals surface area contributed by atoms with Gasteiger partial charge in [0.05, 0.1) is 5.69 Å². The van der Waals surface area contributed by atoms with Crippen molar-refractivity contribution in [1.82, 2.24) is 23.9 Å². The summed E-state index contributed by atoms with van der Waals surface area (Å²) in [5.41, 5.74) is 2.12. The largest absolute Gasteiger partial charge is 0.288 e. The van der Waals surface area contributed by atoms with Crippen LogP contribution < -0.4 is 4.72 Å². The topological polar surface area (TPSA) is 81.3 Å². The van der Waals surface area contributed by atoms with Crippen molar-refractivity contribution in [2.45, 2.75) is 11.6 Å². The Morgan fingerprint density at radius 3 is 2.77 bits per heavy atom. The van der Waals surface area contributed by atoms with E-state index in [1.165, 1.54) is 4.40 Å². The van der Waals surface area contributed by atoms with Gasteiger partial charge in [0, 0.05) is 25.1 Å². The first-order valence-electron chi connectivity index (χ1n) is 7.76. The zero-order chi connectivity index (χ0) is 18.1. The van der Waals surface area contributed by atoms with E-state index >= 15 is 0 Å². The number of halogens is 1. The molecule has 0 aliphatic rings. The first-order chi connectivity index (χ1) is 12.5. The molecule has 4 aromatic rings. The van der Waals surface area contributed by atoms with Crippen LogP contribution in [0.3, 0.4) is 0 Å². The predicted molar refractivity (Wildman–Crippen MR) is 97.8 cm³/mol. The van der Waals surface area contributed by atoms with Crippen molar-refractivity contribution >= 4 is 27.3 Å². The molecule has 1 aromatic carbocycles. The van der Waals surface area contributed by atoms with Crippen LogP contribution in [0.25, 0.3) is 11.3 Å². The second-order valence-electron chi connectivity index (χ2n) is 5.58. The van der Waals surface area contributed by atoms with Gasteiger partial charge in [-0.15, -0.1) is 0 Å². The second-order valence-corrected chi connectivity index (χ2v) is 7.62. The minimum atomic E-state index is -3.84. The van der Waals surface area contributed by atoms with Gasteiger partial charge in [0.2, 0.25) is 0 Å². The van der Waals surface area contributed by atoms with Crippen molar-refractivity contribution in [1.29, 1.82) is 0 Å². The summed E-state index contributed by atoms with van der Waals surface area (Å²) in [5.74, 6) is 0. The molecule has 26 heavy (non-hydrogen) atoms. The van der Waals surface area contributed by atoms with Crippen molar-refractivity contribution in [2.24, 2.45) is 0 Å². The number of pyridine rings is 1. The molecule has 132 valence electrons. The summed E-state index contributed by atoms with van der Waals surface area (Å²) < 4.78 is 31.2. The molecular formula is C17H14ClN5O2S. The van der Waals surface area contributed by atoms with Crippen LogP contribution in [0.4, 0.5) is 0 Å². The Kier molecular flexibility index (Phi) is 4.23. The van der Waals surface area contributed by atoms with Crippen LogP contribution in [-0.4, -0.2) is 27.6 Å². The molecule has 3 heterocycles. The van der Waals surface area contributed by atoms with Gasteiger partial charge in [0.15, 0.2) is 10.2 Å². The fourth-order valence-electron chi connectivity index (χ4n) is 2.66. The highest BCUT2D eigenvalue weighted by molar-refractivity contribution is 7.89. The number of sulfonamides is 1. The molecule has 0 amide bonds. The van der Waals surface area contributed by atoms with Crippen LogP contribution in [0.5, 0.6) is 0 Å². The van der Waals surface area contributed by atoms with Crippen LogP contribution in [-0.2, 0) is 16.6 Å². The van der Waals surface area contributed by atoms with Crippen molar-refractivity contribution in [3.63, 3.8) is 0 Å². The van der Waals surface area contributed by atoms with Crippen LogP contribution in [0, 0.1) is 0 Å². The maximum Gasteiger partial charge on any atom is 0.260 e. The minimum Gasteiger partial charge on any atom is -0.288 e. The molecule has 0 spiro atoms. The van der Waals surface area contributed by atoms with Gasteiger partial charge in [-0.1, -0.05) is 29.8 Å². The molecule has 7 nitrogen and oxygen atoms in total. The molecule has 0 aliphatic carbocycles. The van der Waals surface area contributed by atoms with Crippen molar-refractivity contribution in [2.75, 3.05) is 0 Å². The van der Waals surface area contributed by atoms with Gasteiger partial charge in [0.25, 0.3) is 10.0 Å². The summed E-state index contributed by atoms with van der Waals surface area (Å²) >= 11 is 6.06. The van der Waals surface area contributed by atoms with Crippen LogP contribution in [0.2, 0.25) is 5.15 Å². The molecule has 0 radical (unpaired) electrons. The molecule has 0 aliphatic heterocycles. The molecule has 9 heteroatoms. The molecule has 0 bridgehead atoms. The van der Waals surface area contributed by atoms with Crippen LogP contribution in [0.15, 0.2) is 72.1 Å². The van der Waals surface area contributed by atoms with Gasteiger partial charge in [0.1, 0.15) is 5.65 Å². The summed E-state index contributed by atoms with van der Waals surface area (Å²) in [6, 6.07) is 14.5. The molecule has 0 saturated heterocycles. The van der Waals surface area contributed by atoms with E-state index in [1.54, 1.807) is 35.3 Å². The van der Waals surface area contributed by atoms with E-state index < -0.39 is 10.0 Å². The fourth-order valence-corrected chi connectivity index (χ4v) is 4.32. The smallest absolute Gasteiger partial charge is 0.260 e. The van der Waals surface area contributed by atoms with E-state index in [4.69, 9.17) is 11.6 Å². The molecule has 0 saturated carbocycles. The number of imidazole rings is 1. The summed E-state index contributed by atoms with van der Waals surface area (Å²) in [6.45, 7) is 0.119. The first-order valence-corrected chi connectivity index (χ1v) is 9.62. The Balaban J connectivity index is 1.61. The van der Waals surface area contributed by atoms with E-state index in [1.807, 2.05) is 36.5 Å². The second kappa shape index (κ2) is 6.56. The van der Waals surface area contributed by atoms with E-state index in [-0.39, 0.29) is 16.7 Å². The summed E-state index contributed by atoms with van der Waals surface area (Å²) in [5, 5.41) is 4.04. The van der Waals surface area contributed by atoms with Crippen molar-refractivity contribution in [3.8, 4) is 5.69 Å². The SMILES string of the molecule is O=S(=O)(NCc1cccc(-n2cccn2)c1)c1c(Cl)nc2ccccn12. The fraction of sp³-hybridized carbons (Fsp3) is 0.0588. The maximum absolute atomic E-state index is 12.7. The van der Waals surface area contributed by atoms with E-state index in [0.717, 1.165) is 11.3 Å². The lowest BCUT2D eigenvalue weighted by Crippen LogP contribution is -2.24. The molecule has 0 unspecified atom stereocenters. The average molecular weight is 388 g/mol. The standard InChI is InChI=1S/C17H14ClN5O2S/c18-16-17(22-9-2-1-7-15(22)21-16)26(24,25)20-12-13-5-3-6-14(11-13)23-10-4-8-19-23/h1-11,20H,12H2. The molecule has 0 fully saturated rings. The third-order valence-corrected chi connectivity index (χ3v) is 5.65. The molecule has 0 atom stereocenters. The highest BCUT2D eigenvalue weighted by atomic mass is 35.5. The highest BCUT2D eigenvalue weighted by Crippen LogP contribution is 2.22. The van der Waals surface area contributed by atoms with Crippen molar-refractivity contribution < 1.29 is 8.42 Å². The van der Waals surface area contributed by atoms with Gasteiger partial charge >= 0.3 is 0 Å². The molecule has 1 N–H and O–H groups in total. The van der Waals surface area contributed by atoms with Gasteiger partial charge in [-0.25, -0.2) is 22.8 Å². The highest BCUT2D eigenvalue weighted by Gasteiger charge is 2.24. The number of benzene rings is 1. The Labute approximate surface area is 154 Å². The maximum atomic E-state index is 12.7. The van der Waals surface area contributed by atoms with E-state index in [0.29, 0.717) is 5.65 Å². The third kappa shape index (κ3) is 3.10. The number of fused-ring (bicyclic) bond motifs is 1. The lowest BCUT2D eigenvalue weighted by Gasteiger charge is -2.09. The number of aromatic nitrogens is 4. The zero-order valence-electron chi connectivity index (χ0n) is 13.4. The number of hydrogen-bond donors (Lipinski definition) is 1. The Bertz CT molecular complexity index is 1170. The number of nitrogens with one attached hydrogen (secondary N) is 1. The van der Waals surface area contributed by atoms with E-state index in [9.17, 15) is 8.42 Å². The van der Waals surface area contributed by atoms with Gasteiger partial charge < -0.3 is 0 Å². The van der Waals surface area contributed by atoms with Crippen LogP contribution >= 0.6 is 11.6 Å². The van der Waals surface area contributed by atoms with Gasteiger partial charge in [-0.3, -0.25) is 4.40 Å². The third-order valence-electron chi connectivity index (χ3n) is 3.85. The molecule has 4 rings (SSSR count). The number of nitrogens with zero attached hydrogens (tertiary/aromatic N) is 4. The Hall–Kier alpha value is -2.68. The van der Waals surface area contributed by atoms with Crippen molar-refractivity contribution in [3.05, 3.63) is 77.8 Å². The first kappa shape index (κ1) is 16.8. The summed E-state index contributed by atoms with van der Waals surface area (Å²) in [6.07, 6.45) is 5.12. The summed E-state index contributed by atoms with van der Waals surface area (Å²) in [4.78, 5) is 4.08. The minimum absolute atomic E-state index is 0.0611. The van der Waals surface area contributed by atoms with E-state index in [2.05, 4.69) is 14.8 Å². The quantitative estimate of drug-likeness (QED) is 0.570. The van der Waals surface area contributed by atoms with Gasteiger partial charge in [-0.05, 0) is 35.9 Å². The molecular weight excluding hydrogens is 374 g/mol. The lowest BCUT2D eigenvalue weighted by atomic mass is 10.2. The van der Waals surface area contributed by atoms with Gasteiger partial charge in [-0.2, -0.15) is 5.10 Å². The Morgan fingerprint density at radius 1 is 1.08 bits per heavy atom. The average Bonchev–Trinajstić information content (AvgIpc) is 3.27. The monoisotopic (exact) mass is 387 g/mol. The summed E-state index contributed by atoms with van der Waals surface area (Å²) in [7, 11) is -3.84. The lowest BCUT2D eigenvalue weighted by molar-refractivity contribution is 0.576. The predicted octanol–water partition coefficient (Wildman–Crippen LogP) is 2.65. The molecule has 3 aromatic heterocycles. The number of rotatable bonds is 5. The Morgan fingerprint density at radius 2 is 1.96 bits per heavy atom. The number of hydrogen-bond acceptors (Lipinski definition) is 4. The van der Waals surface area contributed by atoms with Crippen LogP contribution in [0.1, 0.15) is 5.56 Å². The normalized spacial score (nSPS) is 11.9. The zero-order valence-corrected chi connectivity index (χ0v) is 15.0.